The molecule has 2 aliphatic rings. The monoisotopic (exact) mass is 295 g/mol. The van der Waals surface area contributed by atoms with E-state index in [0.717, 1.165) is 25.1 Å². The van der Waals surface area contributed by atoms with Crippen LogP contribution in [0, 0.1) is 5.92 Å². The molecule has 2 heterocycles. The number of nitrogens with one attached hydrogen (secondary N) is 1. The van der Waals surface area contributed by atoms with Gasteiger partial charge in [-0.05, 0) is 38.0 Å². The summed E-state index contributed by atoms with van der Waals surface area (Å²) in [6, 6.07) is 0. The highest BCUT2D eigenvalue weighted by Gasteiger charge is 2.27. The third kappa shape index (κ3) is 3.11. The topological polar surface area (TPSA) is 72.0 Å². The molecule has 0 radical (unpaired) electrons. The molecule has 110 valence electrons. The van der Waals surface area contributed by atoms with Crippen LogP contribution in [0.15, 0.2) is 6.33 Å². The second-order valence-corrected chi connectivity index (χ2v) is 8.09. The predicted octanol–water partition coefficient (Wildman–Crippen LogP) is 1.59. The average Bonchev–Trinajstić information content (AvgIpc) is 2.64. The molecule has 1 unspecified atom stereocenters. The van der Waals surface area contributed by atoms with E-state index in [-0.39, 0.29) is 5.92 Å². The van der Waals surface area contributed by atoms with Gasteiger partial charge in [-0.25, -0.2) is 18.4 Å². The first-order chi connectivity index (χ1) is 9.64. The van der Waals surface area contributed by atoms with Crippen molar-refractivity contribution in [3.05, 3.63) is 17.6 Å². The molecule has 1 N–H and O–H groups in total. The zero-order valence-electron chi connectivity index (χ0n) is 11.6. The molecule has 0 aromatic carbocycles. The lowest BCUT2D eigenvalue weighted by Crippen LogP contribution is -2.18. The lowest BCUT2D eigenvalue weighted by atomic mass is 10.1. The van der Waals surface area contributed by atoms with Crippen molar-refractivity contribution in [1.29, 1.82) is 0 Å². The van der Waals surface area contributed by atoms with Gasteiger partial charge in [-0.3, -0.25) is 0 Å². The second kappa shape index (κ2) is 5.68. The largest absolute Gasteiger partial charge is 0.369 e. The van der Waals surface area contributed by atoms with Crippen molar-refractivity contribution >= 4 is 15.7 Å². The Morgan fingerprint density at radius 2 is 2.05 bits per heavy atom. The summed E-state index contributed by atoms with van der Waals surface area (Å²) in [5, 5.41) is 3.36. The van der Waals surface area contributed by atoms with Gasteiger partial charge in [-0.1, -0.05) is 6.42 Å². The summed E-state index contributed by atoms with van der Waals surface area (Å²) in [5.41, 5.74) is 2.41. The molecule has 6 heteroatoms. The number of sulfone groups is 1. The zero-order chi connectivity index (χ0) is 14.0. The minimum absolute atomic E-state index is 0.219. The minimum Gasteiger partial charge on any atom is -0.369 e. The van der Waals surface area contributed by atoms with E-state index in [1.165, 1.54) is 30.5 Å². The van der Waals surface area contributed by atoms with Crippen molar-refractivity contribution in [2.24, 2.45) is 5.92 Å². The fraction of sp³-hybridized carbons (Fsp3) is 0.714. The van der Waals surface area contributed by atoms with Crippen molar-refractivity contribution in [2.75, 3.05) is 23.4 Å². The molecular formula is C14H21N3O2S. The summed E-state index contributed by atoms with van der Waals surface area (Å²) in [6.45, 7) is 0.697. The third-order valence-electron chi connectivity index (χ3n) is 4.26. The highest BCUT2D eigenvalue weighted by Crippen LogP contribution is 2.25. The molecule has 1 aromatic heterocycles. The van der Waals surface area contributed by atoms with Gasteiger partial charge in [0.05, 0.1) is 11.5 Å². The number of aryl methyl sites for hydroxylation is 1. The molecule has 1 aromatic rings. The first-order valence-electron chi connectivity index (χ1n) is 7.41. The van der Waals surface area contributed by atoms with Crippen LogP contribution < -0.4 is 5.32 Å². The lowest BCUT2D eigenvalue weighted by Gasteiger charge is -2.14. The van der Waals surface area contributed by atoms with Gasteiger partial charge in [-0.15, -0.1) is 0 Å². The zero-order valence-corrected chi connectivity index (χ0v) is 12.5. The van der Waals surface area contributed by atoms with E-state index in [2.05, 4.69) is 15.3 Å². The Labute approximate surface area is 120 Å². The Morgan fingerprint density at radius 3 is 2.85 bits per heavy atom. The van der Waals surface area contributed by atoms with Crippen LogP contribution in [0.2, 0.25) is 0 Å². The van der Waals surface area contributed by atoms with Crippen molar-refractivity contribution in [3.63, 3.8) is 0 Å². The number of aromatic nitrogens is 2. The van der Waals surface area contributed by atoms with Crippen LogP contribution in [0.5, 0.6) is 0 Å². The number of nitrogens with zero attached hydrogens (tertiary/aromatic N) is 2. The average molecular weight is 295 g/mol. The lowest BCUT2D eigenvalue weighted by molar-refractivity contribution is 0.595. The van der Waals surface area contributed by atoms with Crippen molar-refractivity contribution in [3.8, 4) is 0 Å². The molecule has 1 saturated heterocycles. The van der Waals surface area contributed by atoms with E-state index in [1.807, 2.05) is 0 Å². The maximum atomic E-state index is 11.5. The van der Waals surface area contributed by atoms with Gasteiger partial charge in [0.2, 0.25) is 0 Å². The summed E-state index contributed by atoms with van der Waals surface area (Å²) in [4.78, 5) is 8.76. The number of hydrogen-bond acceptors (Lipinski definition) is 5. The van der Waals surface area contributed by atoms with Crippen LogP contribution in [-0.4, -0.2) is 36.4 Å². The van der Waals surface area contributed by atoms with E-state index in [0.29, 0.717) is 18.1 Å². The van der Waals surface area contributed by atoms with Crippen LogP contribution in [0.25, 0.3) is 0 Å². The van der Waals surface area contributed by atoms with E-state index in [9.17, 15) is 8.42 Å². The van der Waals surface area contributed by atoms with Crippen LogP contribution in [0.4, 0.5) is 5.82 Å². The van der Waals surface area contributed by atoms with Gasteiger partial charge in [0.25, 0.3) is 0 Å². The van der Waals surface area contributed by atoms with E-state index < -0.39 is 9.84 Å². The second-order valence-electron chi connectivity index (χ2n) is 5.86. The smallest absolute Gasteiger partial charge is 0.150 e. The van der Waals surface area contributed by atoms with Crippen LogP contribution >= 0.6 is 0 Å². The number of anilines is 1. The number of rotatable bonds is 3. The summed E-state index contributed by atoms with van der Waals surface area (Å²) in [5.74, 6) is 1.78. The molecule has 1 atom stereocenters. The third-order valence-corrected chi connectivity index (χ3v) is 6.10. The van der Waals surface area contributed by atoms with E-state index in [1.54, 1.807) is 6.33 Å². The van der Waals surface area contributed by atoms with Crippen molar-refractivity contribution < 1.29 is 8.42 Å². The molecule has 0 bridgehead atoms. The molecule has 0 saturated carbocycles. The molecule has 0 spiro atoms. The Bertz CT molecular complexity index is 586. The minimum atomic E-state index is -2.80. The molecule has 1 fully saturated rings. The van der Waals surface area contributed by atoms with Crippen LogP contribution in [0.3, 0.4) is 0 Å². The summed E-state index contributed by atoms with van der Waals surface area (Å²) >= 11 is 0. The normalized spacial score (nSPS) is 24.9. The Balaban J connectivity index is 1.69. The van der Waals surface area contributed by atoms with Crippen molar-refractivity contribution in [2.45, 2.75) is 38.5 Å². The molecular weight excluding hydrogens is 274 g/mol. The molecule has 0 amide bonds. The number of hydrogen-bond donors (Lipinski definition) is 1. The SMILES string of the molecule is O=S1(=O)CCC(CNc2ncnc3c2CCCCC3)C1. The Morgan fingerprint density at radius 1 is 1.20 bits per heavy atom. The molecule has 5 nitrogen and oxygen atoms in total. The highest BCUT2D eigenvalue weighted by molar-refractivity contribution is 7.91. The maximum absolute atomic E-state index is 11.5. The van der Waals surface area contributed by atoms with Crippen LogP contribution in [0.1, 0.15) is 36.9 Å². The summed E-state index contributed by atoms with van der Waals surface area (Å²) < 4.78 is 23.0. The Hall–Kier alpha value is -1.17. The highest BCUT2D eigenvalue weighted by atomic mass is 32.2. The maximum Gasteiger partial charge on any atom is 0.150 e. The molecule has 20 heavy (non-hydrogen) atoms. The van der Waals surface area contributed by atoms with Gasteiger partial charge < -0.3 is 5.32 Å². The van der Waals surface area contributed by atoms with Gasteiger partial charge in [0.1, 0.15) is 12.1 Å². The molecule has 3 rings (SSSR count). The molecule has 1 aliphatic heterocycles. The quantitative estimate of drug-likeness (QED) is 0.857. The summed E-state index contributed by atoms with van der Waals surface area (Å²) in [7, 11) is -2.80. The van der Waals surface area contributed by atoms with Gasteiger partial charge in [0, 0.05) is 17.8 Å². The summed E-state index contributed by atoms with van der Waals surface area (Å²) in [6.07, 6.45) is 8.08. The predicted molar refractivity (Wildman–Crippen MR) is 78.5 cm³/mol. The van der Waals surface area contributed by atoms with Gasteiger partial charge in [0.15, 0.2) is 9.84 Å². The fourth-order valence-electron chi connectivity index (χ4n) is 3.12. The van der Waals surface area contributed by atoms with E-state index in [4.69, 9.17) is 0 Å². The first-order valence-corrected chi connectivity index (χ1v) is 9.23. The fourth-order valence-corrected chi connectivity index (χ4v) is 4.99. The first kappa shape index (κ1) is 13.8. The number of fused-ring (bicyclic) bond motifs is 1. The van der Waals surface area contributed by atoms with Crippen molar-refractivity contribution in [1.82, 2.24) is 9.97 Å². The van der Waals surface area contributed by atoms with Crippen LogP contribution in [-0.2, 0) is 22.7 Å². The standard InChI is InChI=1S/C14H21N3O2S/c18-20(19)7-6-11(9-20)8-15-14-12-4-2-1-3-5-13(12)16-10-17-14/h10-11H,1-9H2,(H,15,16,17). The Kier molecular flexibility index (Phi) is 3.92. The van der Waals surface area contributed by atoms with Gasteiger partial charge in [-0.2, -0.15) is 0 Å². The van der Waals surface area contributed by atoms with Gasteiger partial charge >= 0.3 is 0 Å². The van der Waals surface area contributed by atoms with E-state index >= 15 is 0 Å². The molecule has 1 aliphatic carbocycles.